The van der Waals surface area contributed by atoms with Crippen LogP contribution in [0.4, 0.5) is 11.4 Å². The number of hydrogen-bond donors (Lipinski definition) is 2. The van der Waals surface area contributed by atoms with Gasteiger partial charge in [-0.1, -0.05) is 30.7 Å². The van der Waals surface area contributed by atoms with Crippen LogP contribution in [0.2, 0.25) is 5.02 Å². The Labute approximate surface area is 205 Å². The molecular weight excluding hydrogens is 472 g/mol. The molecule has 0 aliphatic heterocycles. The number of carbonyl (C=O) groups is 2. The molecule has 1 atom stereocenters. The number of nitrogens with zero attached hydrogens (tertiary/aromatic N) is 2. The molecule has 0 saturated carbocycles. The van der Waals surface area contributed by atoms with Gasteiger partial charge in [-0.3, -0.25) is 19.0 Å². The third-order valence-corrected chi connectivity index (χ3v) is 6.71. The SMILES string of the molecule is CCC(C(=O)Nc1ccc(NC(C)=O)cc1)n1cnc2sc(C)c(-c3ccc(Cl)cc3)c2c1=O. The fourth-order valence-corrected chi connectivity index (χ4v) is 5.01. The van der Waals surface area contributed by atoms with Gasteiger partial charge in [0.1, 0.15) is 10.9 Å². The Morgan fingerprint density at radius 1 is 1.06 bits per heavy atom. The molecule has 0 aliphatic carbocycles. The van der Waals surface area contributed by atoms with Crippen molar-refractivity contribution < 1.29 is 9.59 Å². The number of rotatable bonds is 6. The second-order valence-corrected chi connectivity index (χ2v) is 9.49. The van der Waals surface area contributed by atoms with E-state index in [9.17, 15) is 14.4 Å². The van der Waals surface area contributed by atoms with Crippen LogP contribution in [0.1, 0.15) is 31.2 Å². The number of fused-ring (bicyclic) bond motifs is 1. The van der Waals surface area contributed by atoms with Gasteiger partial charge in [-0.15, -0.1) is 11.3 Å². The van der Waals surface area contributed by atoms with Crippen molar-refractivity contribution in [1.29, 1.82) is 0 Å². The molecular formula is C25H23ClN4O3S. The minimum Gasteiger partial charge on any atom is -0.326 e. The van der Waals surface area contributed by atoms with Gasteiger partial charge in [0.25, 0.3) is 5.56 Å². The number of benzene rings is 2. The molecule has 2 heterocycles. The van der Waals surface area contributed by atoms with Crippen LogP contribution in [0.15, 0.2) is 59.7 Å². The zero-order chi connectivity index (χ0) is 24.4. The van der Waals surface area contributed by atoms with Crippen LogP contribution in [0, 0.1) is 6.92 Å². The van der Waals surface area contributed by atoms with E-state index in [1.54, 1.807) is 36.4 Å². The van der Waals surface area contributed by atoms with E-state index in [4.69, 9.17) is 11.6 Å². The first kappa shape index (κ1) is 23.7. The Balaban J connectivity index is 1.68. The molecule has 0 bridgehead atoms. The number of aryl methyl sites for hydroxylation is 1. The number of halogens is 1. The molecule has 0 saturated heterocycles. The van der Waals surface area contributed by atoms with E-state index in [-0.39, 0.29) is 17.4 Å². The van der Waals surface area contributed by atoms with Gasteiger partial charge in [0.2, 0.25) is 11.8 Å². The summed E-state index contributed by atoms with van der Waals surface area (Å²) in [6, 6.07) is 13.4. The third-order valence-electron chi connectivity index (χ3n) is 5.44. The molecule has 0 spiro atoms. The number of thiophene rings is 1. The van der Waals surface area contributed by atoms with Crippen molar-refractivity contribution in [3.05, 3.63) is 75.1 Å². The van der Waals surface area contributed by atoms with E-state index in [1.165, 1.54) is 29.2 Å². The molecule has 0 fully saturated rings. The van der Waals surface area contributed by atoms with E-state index >= 15 is 0 Å². The summed E-state index contributed by atoms with van der Waals surface area (Å²) in [6.45, 7) is 5.23. The summed E-state index contributed by atoms with van der Waals surface area (Å²) in [5, 5.41) is 6.65. The summed E-state index contributed by atoms with van der Waals surface area (Å²) >= 11 is 7.49. The smallest absolute Gasteiger partial charge is 0.263 e. The number of anilines is 2. The lowest BCUT2D eigenvalue weighted by atomic mass is 10.0. The lowest BCUT2D eigenvalue weighted by molar-refractivity contribution is -0.119. The highest BCUT2D eigenvalue weighted by Gasteiger charge is 2.24. The van der Waals surface area contributed by atoms with Gasteiger partial charge in [0.05, 0.1) is 11.7 Å². The maximum absolute atomic E-state index is 13.6. The fraction of sp³-hybridized carbons (Fsp3) is 0.200. The van der Waals surface area contributed by atoms with Gasteiger partial charge in [-0.25, -0.2) is 4.98 Å². The zero-order valence-electron chi connectivity index (χ0n) is 18.9. The number of nitrogens with one attached hydrogen (secondary N) is 2. The van der Waals surface area contributed by atoms with Gasteiger partial charge in [-0.2, -0.15) is 0 Å². The van der Waals surface area contributed by atoms with Crippen molar-refractivity contribution in [2.24, 2.45) is 0 Å². The number of aromatic nitrogens is 2. The van der Waals surface area contributed by atoms with E-state index in [1.807, 2.05) is 26.0 Å². The Morgan fingerprint density at radius 2 is 1.68 bits per heavy atom. The normalized spacial score (nSPS) is 11.9. The van der Waals surface area contributed by atoms with Gasteiger partial charge in [-0.05, 0) is 55.3 Å². The lowest BCUT2D eigenvalue weighted by Gasteiger charge is -2.18. The Morgan fingerprint density at radius 3 is 2.26 bits per heavy atom. The summed E-state index contributed by atoms with van der Waals surface area (Å²) in [6.07, 6.45) is 1.85. The predicted molar refractivity (Wildman–Crippen MR) is 138 cm³/mol. The monoisotopic (exact) mass is 494 g/mol. The Bertz CT molecular complexity index is 1430. The number of amides is 2. The van der Waals surface area contributed by atoms with Crippen LogP contribution in [-0.4, -0.2) is 21.4 Å². The maximum Gasteiger partial charge on any atom is 0.263 e. The van der Waals surface area contributed by atoms with Gasteiger partial charge in [0, 0.05) is 33.8 Å². The molecule has 0 aliphatic rings. The fourth-order valence-electron chi connectivity index (χ4n) is 3.88. The second-order valence-electron chi connectivity index (χ2n) is 7.85. The summed E-state index contributed by atoms with van der Waals surface area (Å²) in [4.78, 5) is 44.0. The highest BCUT2D eigenvalue weighted by atomic mass is 35.5. The van der Waals surface area contributed by atoms with Crippen molar-refractivity contribution in [2.45, 2.75) is 33.2 Å². The molecule has 1 unspecified atom stereocenters. The molecule has 4 aromatic rings. The van der Waals surface area contributed by atoms with Gasteiger partial charge >= 0.3 is 0 Å². The van der Waals surface area contributed by atoms with Crippen molar-refractivity contribution in [3.63, 3.8) is 0 Å². The lowest BCUT2D eigenvalue weighted by Crippen LogP contribution is -2.33. The van der Waals surface area contributed by atoms with E-state index in [0.717, 1.165) is 16.0 Å². The Kier molecular flexibility index (Phi) is 6.81. The largest absolute Gasteiger partial charge is 0.326 e. The van der Waals surface area contributed by atoms with Crippen LogP contribution in [0.3, 0.4) is 0 Å². The Hall–Kier alpha value is -3.49. The molecule has 0 radical (unpaired) electrons. The van der Waals surface area contributed by atoms with E-state index in [0.29, 0.717) is 33.0 Å². The minimum atomic E-state index is -0.738. The van der Waals surface area contributed by atoms with Crippen LogP contribution < -0.4 is 16.2 Å². The average Bonchev–Trinajstić information content (AvgIpc) is 3.14. The zero-order valence-corrected chi connectivity index (χ0v) is 20.5. The first-order valence-corrected chi connectivity index (χ1v) is 11.9. The quantitative estimate of drug-likeness (QED) is 0.363. The van der Waals surface area contributed by atoms with E-state index in [2.05, 4.69) is 15.6 Å². The average molecular weight is 495 g/mol. The predicted octanol–water partition coefficient (Wildman–Crippen LogP) is 5.64. The molecule has 9 heteroatoms. The summed E-state index contributed by atoms with van der Waals surface area (Å²) in [7, 11) is 0. The summed E-state index contributed by atoms with van der Waals surface area (Å²) < 4.78 is 1.40. The minimum absolute atomic E-state index is 0.174. The van der Waals surface area contributed by atoms with E-state index < -0.39 is 6.04 Å². The molecule has 7 nitrogen and oxygen atoms in total. The first-order valence-electron chi connectivity index (χ1n) is 10.7. The summed E-state index contributed by atoms with van der Waals surface area (Å²) in [5.41, 5.74) is 2.62. The first-order chi connectivity index (χ1) is 16.3. The van der Waals surface area contributed by atoms with Crippen molar-refractivity contribution >= 4 is 56.3 Å². The molecule has 2 amide bonds. The van der Waals surface area contributed by atoms with Gasteiger partial charge in [0.15, 0.2) is 0 Å². The van der Waals surface area contributed by atoms with Crippen molar-refractivity contribution in [1.82, 2.24) is 9.55 Å². The molecule has 4 rings (SSSR count). The van der Waals surface area contributed by atoms with Crippen LogP contribution in [-0.2, 0) is 9.59 Å². The second kappa shape index (κ2) is 9.79. The molecule has 2 N–H and O–H groups in total. The molecule has 2 aromatic heterocycles. The standard InChI is InChI=1S/C25H23ClN4O3S/c1-4-20(23(32)29-19-11-9-18(10-12-19)28-15(3)31)30-13-27-24-22(25(30)33)21(14(2)34-24)16-5-7-17(26)8-6-16/h5-13,20H,4H2,1-3H3,(H,28,31)(H,29,32). The molecule has 34 heavy (non-hydrogen) atoms. The van der Waals surface area contributed by atoms with Gasteiger partial charge < -0.3 is 10.6 Å². The van der Waals surface area contributed by atoms with Crippen molar-refractivity contribution in [2.75, 3.05) is 10.6 Å². The number of hydrogen-bond acceptors (Lipinski definition) is 5. The van der Waals surface area contributed by atoms with Crippen molar-refractivity contribution in [3.8, 4) is 11.1 Å². The molecule has 174 valence electrons. The maximum atomic E-state index is 13.6. The highest BCUT2D eigenvalue weighted by Crippen LogP contribution is 2.36. The highest BCUT2D eigenvalue weighted by molar-refractivity contribution is 7.19. The topological polar surface area (TPSA) is 93.1 Å². The third kappa shape index (κ3) is 4.73. The molecule has 2 aromatic carbocycles. The summed E-state index contributed by atoms with van der Waals surface area (Å²) in [5.74, 6) is -0.496. The van der Waals surface area contributed by atoms with Crippen LogP contribution in [0.5, 0.6) is 0 Å². The van der Waals surface area contributed by atoms with Crippen LogP contribution >= 0.6 is 22.9 Å². The van der Waals surface area contributed by atoms with Crippen LogP contribution in [0.25, 0.3) is 21.3 Å². The number of carbonyl (C=O) groups excluding carboxylic acids is 2.